The van der Waals surface area contributed by atoms with Gasteiger partial charge in [0.2, 0.25) is 0 Å². The van der Waals surface area contributed by atoms with E-state index in [4.69, 9.17) is 10.5 Å². The normalized spacial score (nSPS) is 12.2. The molecule has 10 heteroatoms. The van der Waals surface area contributed by atoms with Crippen molar-refractivity contribution in [3.63, 3.8) is 0 Å². The lowest BCUT2D eigenvalue weighted by Crippen LogP contribution is -2.18. The van der Waals surface area contributed by atoms with E-state index in [0.717, 1.165) is 17.7 Å². The molecule has 0 amide bonds. The first-order valence-electron chi connectivity index (χ1n) is 11.5. The highest BCUT2D eigenvalue weighted by Crippen LogP contribution is 2.29. The Hall–Kier alpha value is -3.92. The van der Waals surface area contributed by atoms with Crippen LogP contribution < -0.4 is 15.2 Å². The average molecular weight is 516 g/mol. The fourth-order valence-electron chi connectivity index (χ4n) is 4.22. The van der Waals surface area contributed by atoms with Gasteiger partial charge in [0, 0.05) is 18.5 Å². The molecular weight excluding hydrogens is 490 g/mol. The Kier molecular flexibility index (Phi) is 7.77. The molecule has 0 radical (unpaired) electrons. The number of aromatic nitrogens is 2. The van der Waals surface area contributed by atoms with Crippen LogP contribution in [-0.2, 0) is 6.61 Å². The molecular formula is C27H25F4N3O3. The third-order valence-electron chi connectivity index (χ3n) is 5.97. The van der Waals surface area contributed by atoms with Crippen LogP contribution in [0.25, 0.3) is 5.65 Å². The molecule has 0 fully saturated rings. The molecule has 37 heavy (non-hydrogen) atoms. The second-order valence-corrected chi connectivity index (χ2v) is 8.62. The summed E-state index contributed by atoms with van der Waals surface area (Å²) in [5, 5.41) is 0. The molecule has 1 atom stereocenters. The van der Waals surface area contributed by atoms with Crippen LogP contribution in [-0.4, -0.2) is 28.3 Å². The number of aryl methyl sites for hydroxylation is 2. The molecule has 194 valence electrons. The van der Waals surface area contributed by atoms with E-state index in [1.807, 2.05) is 0 Å². The molecule has 0 saturated carbocycles. The lowest BCUT2D eigenvalue weighted by Gasteiger charge is -2.16. The number of nitrogens with zero attached hydrogens (tertiary/aromatic N) is 2. The number of carbonyl (C=O) groups is 1. The van der Waals surface area contributed by atoms with Crippen LogP contribution in [0.1, 0.15) is 45.2 Å². The number of ether oxygens (including phenoxy) is 2. The van der Waals surface area contributed by atoms with Crippen LogP contribution in [0.2, 0.25) is 0 Å². The number of Topliss-reactive ketones (excluding diaryl/α,β-unsaturated/α-hetero) is 1. The fraction of sp³-hybridized carbons (Fsp3) is 0.259. The number of hydrogen-bond donors (Lipinski definition) is 1. The number of hydrogen-bond acceptors (Lipinski definition) is 5. The van der Waals surface area contributed by atoms with Crippen LogP contribution in [0, 0.1) is 25.5 Å². The summed E-state index contributed by atoms with van der Waals surface area (Å²) in [6.45, 7) is 0.227. The van der Waals surface area contributed by atoms with Crippen LogP contribution in [0.5, 0.6) is 11.5 Å². The van der Waals surface area contributed by atoms with Crippen LogP contribution >= 0.6 is 0 Å². The van der Waals surface area contributed by atoms with E-state index in [-0.39, 0.29) is 42.4 Å². The number of ketones is 1. The van der Waals surface area contributed by atoms with Gasteiger partial charge in [-0.15, -0.1) is 0 Å². The van der Waals surface area contributed by atoms with Crippen molar-refractivity contribution in [2.24, 2.45) is 5.73 Å². The van der Waals surface area contributed by atoms with E-state index in [9.17, 15) is 22.4 Å². The summed E-state index contributed by atoms with van der Waals surface area (Å²) in [6.07, 6.45) is 1.71. The zero-order valence-electron chi connectivity index (χ0n) is 20.2. The second kappa shape index (κ2) is 11.0. The minimum atomic E-state index is -2.97. The molecule has 2 aromatic carbocycles. The molecule has 2 aromatic heterocycles. The summed E-state index contributed by atoms with van der Waals surface area (Å²) in [5.74, 6) is -1.93. The minimum Gasteiger partial charge on any atom is -0.485 e. The van der Waals surface area contributed by atoms with E-state index in [1.165, 1.54) is 18.2 Å². The maximum absolute atomic E-state index is 14.1. The summed E-state index contributed by atoms with van der Waals surface area (Å²) < 4.78 is 65.2. The monoisotopic (exact) mass is 515 g/mol. The number of fused-ring (bicyclic) bond motifs is 1. The number of carbonyl (C=O) groups excluding carboxylic acids is 1. The van der Waals surface area contributed by atoms with Crippen molar-refractivity contribution in [3.8, 4) is 11.5 Å². The predicted octanol–water partition coefficient (Wildman–Crippen LogP) is 5.73. The van der Waals surface area contributed by atoms with Gasteiger partial charge < -0.3 is 15.2 Å². The van der Waals surface area contributed by atoms with Gasteiger partial charge in [-0.1, -0.05) is 18.2 Å². The molecule has 0 aliphatic carbocycles. The van der Waals surface area contributed by atoms with Crippen molar-refractivity contribution in [1.82, 2.24) is 9.38 Å². The number of halogens is 4. The first kappa shape index (κ1) is 26.2. The fourth-order valence-corrected chi connectivity index (χ4v) is 4.22. The van der Waals surface area contributed by atoms with Gasteiger partial charge in [-0.3, -0.25) is 9.20 Å². The largest absolute Gasteiger partial charge is 0.485 e. The number of alkyl halides is 2. The summed E-state index contributed by atoms with van der Waals surface area (Å²) in [6, 6.07) is 11.3. The molecule has 4 aromatic rings. The molecule has 6 nitrogen and oxygen atoms in total. The molecule has 0 saturated heterocycles. The van der Waals surface area contributed by atoms with Crippen molar-refractivity contribution in [2.45, 2.75) is 39.4 Å². The van der Waals surface area contributed by atoms with Crippen molar-refractivity contribution in [2.75, 3.05) is 6.54 Å². The Bertz CT molecular complexity index is 1420. The average Bonchev–Trinajstić information content (AvgIpc) is 3.17. The van der Waals surface area contributed by atoms with Gasteiger partial charge in [-0.2, -0.15) is 8.78 Å². The maximum atomic E-state index is 14.1. The van der Waals surface area contributed by atoms with E-state index >= 15 is 0 Å². The van der Waals surface area contributed by atoms with Crippen LogP contribution in [0.15, 0.2) is 54.7 Å². The van der Waals surface area contributed by atoms with Gasteiger partial charge in [-0.05, 0) is 61.9 Å². The number of imidazole rings is 1. The standard InChI is InChI=1S/C27H25F4N3O3/c1-15-9-24(36-14-20-21(28)7-4-8-22(20)29)26-33-16(2)25(34(26)13-15)23(35)11-18(12-32)17-5-3-6-19(10-17)37-27(30)31/h3-10,13,18,27H,11-12,14,32H2,1-2H3. The summed E-state index contributed by atoms with van der Waals surface area (Å²) in [4.78, 5) is 17.9. The maximum Gasteiger partial charge on any atom is 0.387 e. The number of pyridine rings is 1. The highest BCUT2D eigenvalue weighted by Gasteiger charge is 2.24. The zero-order valence-corrected chi connectivity index (χ0v) is 20.2. The van der Waals surface area contributed by atoms with Gasteiger partial charge in [0.05, 0.1) is 11.3 Å². The molecule has 0 aliphatic rings. The van der Waals surface area contributed by atoms with E-state index in [0.29, 0.717) is 22.6 Å². The Labute approximate surface area is 210 Å². The lowest BCUT2D eigenvalue weighted by atomic mass is 9.92. The first-order valence-corrected chi connectivity index (χ1v) is 11.5. The Morgan fingerprint density at radius 3 is 2.46 bits per heavy atom. The molecule has 0 bridgehead atoms. The van der Waals surface area contributed by atoms with Gasteiger partial charge >= 0.3 is 6.61 Å². The summed E-state index contributed by atoms with van der Waals surface area (Å²) in [5.41, 5.74) is 8.09. The number of benzene rings is 2. The first-order chi connectivity index (χ1) is 17.7. The van der Waals surface area contributed by atoms with E-state index < -0.39 is 24.2 Å². The summed E-state index contributed by atoms with van der Waals surface area (Å²) >= 11 is 0. The van der Waals surface area contributed by atoms with Gasteiger partial charge in [0.1, 0.15) is 29.7 Å². The smallest absolute Gasteiger partial charge is 0.387 e. The number of nitrogens with two attached hydrogens (primary N) is 1. The van der Waals surface area contributed by atoms with Crippen molar-refractivity contribution < 1.29 is 31.8 Å². The van der Waals surface area contributed by atoms with Crippen molar-refractivity contribution in [1.29, 1.82) is 0 Å². The topological polar surface area (TPSA) is 78.8 Å². The van der Waals surface area contributed by atoms with Crippen molar-refractivity contribution in [3.05, 3.63) is 94.4 Å². The van der Waals surface area contributed by atoms with Gasteiger partial charge in [0.25, 0.3) is 0 Å². The Morgan fingerprint density at radius 2 is 1.78 bits per heavy atom. The van der Waals surface area contributed by atoms with E-state index in [1.54, 1.807) is 42.6 Å². The zero-order chi connectivity index (χ0) is 26.7. The van der Waals surface area contributed by atoms with Crippen molar-refractivity contribution >= 4 is 11.4 Å². The predicted molar refractivity (Wildman–Crippen MR) is 129 cm³/mol. The highest BCUT2D eigenvalue weighted by molar-refractivity contribution is 5.97. The SMILES string of the molecule is Cc1cc(OCc2c(F)cccc2F)c2nc(C)c(C(=O)CC(CN)c3cccc(OC(F)F)c3)n2c1. The van der Waals surface area contributed by atoms with Crippen LogP contribution in [0.4, 0.5) is 17.6 Å². The molecule has 0 spiro atoms. The van der Waals surface area contributed by atoms with Gasteiger partial charge in [-0.25, -0.2) is 13.8 Å². The molecule has 2 heterocycles. The Balaban J connectivity index is 1.62. The quantitative estimate of drug-likeness (QED) is 0.216. The third-order valence-corrected chi connectivity index (χ3v) is 5.97. The molecule has 4 rings (SSSR count). The molecule has 1 unspecified atom stereocenters. The number of rotatable bonds is 10. The van der Waals surface area contributed by atoms with Crippen LogP contribution in [0.3, 0.4) is 0 Å². The Morgan fingerprint density at radius 1 is 1.08 bits per heavy atom. The van der Waals surface area contributed by atoms with E-state index in [2.05, 4.69) is 9.72 Å². The second-order valence-electron chi connectivity index (χ2n) is 8.62. The molecule has 2 N–H and O–H groups in total. The third kappa shape index (κ3) is 5.75. The summed E-state index contributed by atoms with van der Waals surface area (Å²) in [7, 11) is 0. The lowest BCUT2D eigenvalue weighted by molar-refractivity contribution is -0.0499. The van der Waals surface area contributed by atoms with Gasteiger partial charge in [0.15, 0.2) is 17.2 Å². The minimum absolute atomic E-state index is 0.00612. The molecule has 0 aliphatic heterocycles. The highest BCUT2D eigenvalue weighted by atomic mass is 19.3.